The molecule has 0 fully saturated rings. The Morgan fingerprint density at radius 2 is 2.12 bits per heavy atom. The Morgan fingerprint density at radius 1 is 1.48 bits per heavy atom. The Balaban J connectivity index is 3.00. The minimum Gasteiger partial charge on any atom is -0.445 e. The van der Waals surface area contributed by atoms with Gasteiger partial charge < -0.3 is 20.1 Å². The van der Waals surface area contributed by atoms with Crippen LogP contribution in [0, 0.1) is 0 Å². The molecule has 2 atom stereocenters. The van der Waals surface area contributed by atoms with Crippen LogP contribution in [0.2, 0.25) is 0 Å². The summed E-state index contributed by atoms with van der Waals surface area (Å²) in [5.74, 6) is -7.13. The minimum absolute atomic E-state index is 0.117. The van der Waals surface area contributed by atoms with Crippen molar-refractivity contribution in [3.8, 4) is 0 Å². The molecule has 0 aliphatic rings. The lowest BCUT2D eigenvalue weighted by Gasteiger charge is -2.24. The maximum Gasteiger partial charge on any atom is 0.413 e. The summed E-state index contributed by atoms with van der Waals surface area (Å²) in [6, 6.07) is 0.861. The zero-order valence-electron chi connectivity index (χ0n) is 12.6. The van der Waals surface area contributed by atoms with Crippen LogP contribution in [0.4, 0.5) is 19.4 Å². The number of aromatic nitrogens is 2. The summed E-state index contributed by atoms with van der Waals surface area (Å²) in [6.07, 6.45) is -4.38. The van der Waals surface area contributed by atoms with Gasteiger partial charge in [0.2, 0.25) is 0 Å². The highest BCUT2D eigenvalue weighted by Crippen LogP contribution is 2.23. The van der Waals surface area contributed by atoms with Crippen molar-refractivity contribution in [1.29, 1.82) is 0 Å². The molecule has 0 bridgehead atoms. The third kappa shape index (κ3) is 4.89. The van der Waals surface area contributed by atoms with Gasteiger partial charge in [0.1, 0.15) is 18.5 Å². The number of rotatable bonds is 7. The number of halogens is 2. The normalized spacial score (nSPS) is 13.6. The summed E-state index contributed by atoms with van der Waals surface area (Å²) in [4.78, 5) is 37.9. The van der Waals surface area contributed by atoms with Gasteiger partial charge in [-0.2, -0.15) is 13.8 Å². The molecule has 1 heterocycles. The van der Waals surface area contributed by atoms with E-state index in [1.165, 1.54) is 6.08 Å². The van der Waals surface area contributed by atoms with E-state index in [4.69, 9.17) is 10.2 Å². The highest BCUT2D eigenvalue weighted by molar-refractivity contribution is 5.87. The van der Waals surface area contributed by atoms with Crippen LogP contribution in [0.1, 0.15) is 4.79 Å². The number of carbonyl (C=O) groups is 2. The Kier molecular flexibility index (Phi) is 6.85. The highest BCUT2D eigenvalue weighted by Gasteiger charge is 2.50. The van der Waals surface area contributed by atoms with E-state index in [-0.39, 0.29) is 17.0 Å². The van der Waals surface area contributed by atoms with Crippen LogP contribution in [0.3, 0.4) is 0 Å². The first kappa shape index (κ1) is 20.3. The molecule has 0 aromatic carbocycles. The largest absolute Gasteiger partial charge is 0.445 e. The van der Waals surface area contributed by atoms with Crippen molar-refractivity contribution in [2.45, 2.75) is 18.1 Å². The van der Waals surface area contributed by atoms with Crippen LogP contribution in [-0.2, 0) is 4.74 Å². The first-order chi connectivity index (χ1) is 11.6. The fraction of sp³-hybridized carbons (Fsp3) is 0.385. The summed E-state index contributed by atoms with van der Waals surface area (Å²) in [6.45, 7) is 1.95. The lowest BCUT2D eigenvalue weighted by molar-refractivity contribution is -0.136. The summed E-state index contributed by atoms with van der Waals surface area (Å²) in [5.41, 5.74) is -1.48. The number of nitrogens with one attached hydrogen (secondary N) is 1. The quantitative estimate of drug-likeness (QED) is 0.449. The molecule has 1 rings (SSSR count). The molecule has 0 radical (unpaired) electrons. The summed E-state index contributed by atoms with van der Waals surface area (Å²) in [5, 5.41) is 28.8. The SMILES string of the molecule is C=CCOC(=O)Nc1ccn(C(=O)C(F)(F)[C@H](O)[C@H](O)CO)c(=O)n1. The van der Waals surface area contributed by atoms with Crippen molar-refractivity contribution < 1.29 is 38.4 Å². The summed E-state index contributed by atoms with van der Waals surface area (Å²) >= 11 is 0. The molecule has 10 nitrogen and oxygen atoms in total. The lowest BCUT2D eigenvalue weighted by atomic mass is 10.1. The predicted octanol–water partition coefficient (Wildman–Crippen LogP) is -1.03. The van der Waals surface area contributed by atoms with Gasteiger partial charge in [-0.25, -0.2) is 14.2 Å². The number of hydrogen-bond donors (Lipinski definition) is 4. The van der Waals surface area contributed by atoms with Gasteiger partial charge in [-0.15, -0.1) is 0 Å². The van der Waals surface area contributed by atoms with E-state index in [9.17, 15) is 28.3 Å². The number of hydrogen-bond acceptors (Lipinski definition) is 8. The van der Waals surface area contributed by atoms with Crippen LogP contribution in [0.5, 0.6) is 0 Å². The molecule has 4 N–H and O–H groups in total. The van der Waals surface area contributed by atoms with Gasteiger partial charge in [-0.1, -0.05) is 12.7 Å². The predicted molar refractivity (Wildman–Crippen MR) is 78.3 cm³/mol. The Bertz CT molecular complexity index is 707. The zero-order valence-corrected chi connectivity index (χ0v) is 12.6. The zero-order chi connectivity index (χ0) is 19.2. The van der Waals surface area contributed by atoms with Gasteiger partial charge in [0.25, 0.3) is 0 Å². The second kappa shape index (κ2) is 8.41. The number of alkyl halides is 2. The van der Waals surface area contributed by atoms with Crippen LogP contribution in [0.15, 0.2) is 29.7 Å². The van der Waals surface area contributed by atoms with Crippen LogP contribution in [-0.4, -0.2) is 68.2 Å². The first-order valence-corrected chi connectivity index (χ1v) is 6.69. The maximum atomic E-state index is 13.8. The maximum absolute atomic E-state index is 13.8. The minimum atomic E-state index is -4.58. The average Bonchev–Trinajstić information content (AvgIpc) is 2.58. The van der Waals surface area contributed by atoms with Crippen molar-refractivity contribution in [3.05, 3.63) is 35.4 Å². The van der Waals surface area contributed by atoms with E-state index in [1.54, 1.807) is 0 Å². The standard InChI is InChI=1S/C13H15F2N3O7/c1-2-5-25-12(24)17-8-3-4-18(11(23)16-8)10(22)13(14,15)9(21)7(20)6-19/h2-4,7,9,19-21H,1,5-6H2,(H,16,17,23,24)/t7-,9-/m1/s1. The molecule has 0 saturated heterocycles. The number of amides is 1. The van der Waals surface area contributed by atoms with Crippen LogP contribution in [0.25, 0.3) is 0 Å². The van der Waals surface area contributed by atoms with E-state index in [0.29, 0.717) is 6.20 Å². The van der Waals surface area contributed by atoms with Gasteiger partial charge in [0.15, 0.2) is 6.10 Å². The van der Waals surface area contributed by atoms with Gasteiger partial charge in [-0.3, -0.25) is 10.1 Å². The monoisotopic (exact) mass is 363 g/mol. The van der Waals surface area contributed by atoms with Gasteiger partial charge in [-0.05, 0) is 6.07 Å². The van der Waals surface area contributed by atoms with Crippen LogP contribution < -0.4 is 11.0 Å². The van der Waals surface area contributed by atoms with E-state index >= 15 is 0 Å². The third-order valence-corrected chi connectivity index (χ3v) is 2.79. The molecular formula is C13H15F2N3O7. The Hall–Kier alpha value is -2.70. The van der Waals surface area contributed by atoms with Crippen molar-refractivity contribution in [1.82, 2.24) is 9.55 Å². The molecule has 0 aliphatic heterocycles. The number of ether oxygens (including phenoxy) is 1. The molecule has 0 aliphatic carbocycles. The van der Waals surface area contributed by atoms with Crippen molar-refractivity contribution in [2.75, 3.05) is 18.5 Å². The second-order valence-electron chi connectivity index (χ2n) is 4.60. The van der Waals surface area contributed by atoms with Crippen molar-refractivity contribution in [3.63, 3.8) is 0 Å². The lowest BCUT2D eigenvalue weighted by Crippen LogP contribution is -2.53. The molecular weight excluding hydrogens is 348 g/mol. The van der Waals surface area contributed by atoms with Gasteiger partial charge in [0.05, 0.1) is 6.61 Å². The van der Waals surface area contributed by atoms with E-state index < -0.39 is 42.4 Å². The topological polar surface area (TPSA) is 151 Å². The molecule has 1 amide bonds. The molecule has 1 aromatic heterocycles. The number of anilines is 1. The van der Waals surface area contributed by atoms with Crippen LogP contribution >= 0.6 is 0 Å². The molecule has 25 heavy (non-hydrogen) atoms. The number of carbonyl (C=O) groups excluding carboxylic acids is 2. The number of aliphatic hydroxyl groups is 3. The summed E-state index contributed by atoms with van der Waals surface area (Å²) < 4.78 is 32.0. The van der Waals surface area contributed by atoms with Gasteiger partial charge in [0, 0.05) is 6.20 Å². The van der Waals surface area contributed by atoms with Gasteiger partial charge >= 0.3 is 23.6 Å². The van der Waals surface area contributed by atoms with Crippen molar-refractivity contribution >= 4 is 17.8 Å². The number of aliphatic hydroxyl groups excluding tert-OH is 3. The summed E-state index contributed by atoms with van der Waals surface area (Å²) in [7, 11) is 0. The molecule has 138 valence electrons. The smallest absolute Gasteiger partial charge is 0.413 e. The van der Waals surface area contributed by atoms with E-state index in [0.717, 1.165) is 6.07 Å². The van der Waals surface area contributed by atoms with Crippen molar-refractivity contribution in [2.24, 2.45) is 0 Å². The fourth-order valence-electron chi connectivity index (χ4n) is 1.53. The highest BCUT2D eigenvalue weighted by atomic mass is 19.3. The fourth-order valence-corrected chi connectivity index (χ4v) is 1.53. The molecule has 1 aromatic rings. The van der Waals surface area contributed by atoms with E-state index in [1.807, 2.05) is 5.32 Å². The molecule has 0 unspecified atom stereocenters. The average molecular weight is 363 g/mol. The van der Waals surface area contributed by atoms with E-state index in [2.05, 4.69) is 16.3 Å². The molecule has 0 saturated carbocycles. The Morgan fingerprint density at radius 3 is 2.64 bits per heavy atom. The molecule has 12 heteroatoms. The number of nitrogens with zero attached hydrogens (tertiary/aromatic N) is 2. The Labute approximate surface area is 139 Å². The third-order valence-electron chi connectivity index (χ3n) is 2.79. The first-order valence-electron chi connectivity index (χ1n) is 6.69. The second-order valence-corrected chi connectivity index (χ2v) is 4.60. The molecule has 0 spiro atoms.